The number of anilines is 2. The number of piperidine rings is 1. The van der Waals surface area contributed by atoms with Crippen LogP contribution < -0.4 is 5.01 Å². The van der Waals surface area contributed by atoms with Crippen LogP contribution in [0.2, 0.25) is 0 Å². The molecule has 3 unspecified atom stereocenters. The molecule has 2 aromatic carbocycles. The molecular formula is C24H26Cl3N3O2. The molecule has 2 aliphatic heterocycles. The van der Waals surface area contributed by atoms with Gasteiger partial charge in [0.1, 0.15) is 12.6 Å². The van der Waals surface area contributed by atoms with E-state index < -0.39 is 3.79 Å². The van der Waals surface area contributed by atoms with Crippen LogP contribution in [-0.4, -0.2) is 46.1 Å². The van der Waals surface area contributed by atoms with E-state index in [-0.39, 0.29) is 24.5 Å². The topological polar surface area (TPSA) is 45.1 Å². The number of hydrogen-bond donors (Lipinski definition) is 0. The summed E-state index contributed by atoms with van der Waals surface area (Å²) in [4.78, 5) is 14.8. The fourth-order valence-electron chi connectivity index (χ4n) is 4.35. The van der Waals surface area contributed by atoms with Crippen LogP contribution in [0.4, 0.5) is 11.4 Å². The number of hydrogen-bond acceptors (Lipinski definition) is 5. The number of benzene rings is 2. The summed E-state index contributed by atoms with van der Waals surface area (Å²) < 4.78 is 3.67. The van der Waals surface area contributed by atoms with Crippen molar-refractivity contribution in [1.29, 1.82) is 0 Å². The van der Waals surface area contributed by atoms with Gasteiger partial charge in [0.15, 0.2) is 0 Å². The number of ether oxygens (including phenoxy) is 1. The Hall–Kier alpha value is -1.79. The quantitative estimate of drug-likeness (QED) is 0.299. The number of halogens is 3. The molecule has 0 N–H and O–H groups in total. The molecule has 0 aromatic heterocycles. The van der Waals surface area contributed by atoms with E-state index in [1.165, 1.54) is 11.1 Å². The second-order valence-electron chi connectivity index (χ2n) is 8.54. The molecule has 2 saturated heterocycles. The van der Waals surface area contributed by atoms with Crippen LogP contribution in [0.3, 0.4) is 0 Å². The van der Waals surface area contributed by atoms with Crippen molar-refractivity contribution >= 4 is 57.9 Å². The van der Waals surface area contributed by atoms with Gasteiger partial charge in [0.2, 0.25) is 3.79 Å². The maximum Gasteiger partial charge on any atom is 0.323 e. The lowest BCUT2D eigenvalue weighted by Gasteiger charge is -2.33. The van der Waals surface area contributed by atoms with Crippen LogP contribution in [-0.2, 0) is 9.53 Å². The van der Waals surface area contributed by atoms with Gasteiger partial charge in [0.05, 0.1) is 17.1 Å². The van der Waals surface area contributed by atoms with Crippen LogP contribution in [0.5, 0.6) is 0 Å². The molecule has 2 bridgehead atoms. The zero-order chi connectivity index (χ0) is 22.9. The average Bonchev–Trinajstić information content (AvgIpc) is 3.01. The van der Waals surface area contributed by atoms with Gasteiger partial charge in [0.25, 0.3) is 0 Å². The number of aryl methyl sites for hydroxylation is 2. The first-order chi connectivity index (χ1) is 15.2. The second kappa shape index (κ2) is 9.60. The van der Waals surface area contributed by atoms with Gasteiger partial charge in [-0.3, -0.25) is 9.69 Å². The Labute approximate surface area is 203 Å². The highest BCUT2D eigenvalue weighted by Gasteiger charge is 2.45. The Morgan fingerprint density at radius 1 is 1.06 bits per heavy atom. The molecule has 0 aliphatic carbocycles. The van der Waals surface area contributed by atoms with E-state index in [1.807, 2.05) is 5.01 Å². The summed E-state index contributed by atoms with van der Waals surface area (Å²) in [5.74, 6) is -0.185. The molecule has 2 fully saturated rings. The van der Waals surface area contributed by atoms with E-state index in [0.29, 0.717) is 6.54 Å². The fraction of sp³-hybridized carbons (Fsp3) is 0.417. The van der Waals surface area contributed by atoms with Crippen LogP contribution in [0.1, 0.15) is 24.0 Å². The Morgan fingerprint density at radius 2 is 1.62 bits per heavy atom. The summed E-state index contributed by atoms with van der Waals surface area (Å²) in [6, 6.07) is 16.3. The maximum absolute atomic E-state index is 12.7. The molecule has 3 atom stereocenters. The molecule has 32 heavy (non-hydrogen) atoms. The predicted octanol–water partition coefficient (Wildman–Crippen LogP) is 5.81. The summed E-state index contributed by atoms with van der Waals surface area (Å²) in [5.41, 5.74) is 5.43. The van der Waals surface area contributed by atoms with Crippen molar-refractivity contribution in [3.8, 4) is 0 Å². The van der Waals surface area contributed by atoms with Gasteiger partial charge >= 0.3 is 5.97 Å². The van der Waals surface area contributed by atoms with Crippen molar-refractivity contribution in [2.45, 2.75) is 36.5 Å². The molecule has 0 saturated carbocycles. The van der Waals surface area contributed by atoms with Gasteiger partial charge < -0.3 is 4.74 Å². The van der Waals surface area contributed by atoms with Crippen LogP contribution in [0.25, 0.3) is 0 Å². The molecule has 0 spiro atoms. The molecule has 4 rings (SSSR count). The van der Waals surface area contributed by atoms with E-state index in [4.69, 9.17) is 44.6 Å². The number of esters is 1. The SMILES string of the molecule is Cc1ccc(N(N=C2CC3CCN(C2)C3C(=O)OCC(Cl)(Cl)Cl)c2ccc(C)cc2)cc1. The molecular weight excluding hydrogens is 469 g/mol. The molecule has 2 aromatic rings. The second-order valence-corrected chi connectivity index (χ2v) is 11.1. The van der Waals surface area contributed by atoms with Crippen LogP contribution in [0.15, 0.2) is 53.6 Å². The minimum absolute atomic E-state index is 0.142. The summed E-state index contributed by atoms with van der Waals surface area (Å²) in [6.45, 7) is 5.33. The molecule has 8 heteroatoms. The highest BCUT2D eigenvalue weighted by molar-refractivity contribution is 6.67. The Kier molecular flexibility index (Phi) is 7.01. The molecule has 2 heterocycles. The highest BCUT2D eigenvalue weighted by atomic mass is 35.6. The van der Waals surface area contributed by atoms with Crippen LogP contribution in [0, 0.1) is 19.8 Å². The van der Waals surface area contributed by atoms with Crippen molar-refractivity contribution in [3.05, 3.63) is 59.7 Å². The summed E-state index contributed by atoms with van der Waals surface area (Å²) in [5, 5.41) is 7.03. The standard InChI is InChI=1S/C24H26Cl3N3O2/c1-16-3-7-20(8-4-16)30(21-9-5-17(2)6-10-21)28-19-13-18-11-12-29(14-19)22(18)23(31)32-15-24(25,26)27/h3-10,18,22H,11-15H2,1-2H3. The van der Waals surface area contributed by atoms with Crippen molar-refractivity contribution in [2.75, 3.05) is 24.7 Å². The number of hydrazone groups is 1. The minimum Gasteiger partial charge on any atom is -0.460 e. The van der Waals surface area contributed by atoms with Crippen molar-refractivity contribution in [3.63, 3.8) is 0 Å². The van der Waals surface area contributed by atoms with E-state index in [2.05, 4.69) is 67.3 Å². The number of fused-ring (bicyclic) bond motifs is 2. The fourth-order valence-corrected chi connectivity index (χ4v) is 4.51. The van der Waals surface area contributed by atoms with Gasteiger partial charge in [-0.2, -0.15) is 5.10 Å². The van der Waals surface area contributed by atoms with Gasteiger partial charge in [0, 0.05) is 6.54 Å². The third-order valence-corrected chi connectivity index (χ3v) is 6.26. The lowest BCUT2D eigenvalue weighted by molar-refractivity contribution is -0.150. The number of nitrogens with zero attached hydrogens (tertiary/aromatic N) is 3. The van der Waals surface area contributed by atoms with Gasteiger partial charge in [-0.15, -0.1) is 0 Å². The van der Waals surface area contributed by atoms with Gasteiger partial charge in [-0.05, 0) is 63.4 Å². The molecule has 0 amide bonds. The van der Waals surface area contributed by atoms with Crippen molar-refractivity contribution in [2.24, 2.45) is 11.0 Å². The van der Waals surface area contributed by atoms with E-state index in [9.17, 15) is 4.79 Å². The minimum atomic E-state index is -1.60. The van der Waals surface area contributed by atoms with E-state index >= 15 is 0 Å². The average molecular weight is 495 g/mol. The first-order valence-electron chi connectivity index (χ1n) is 10.7. The van der Waals surface area contributed by atoms with Crippen molar-refractivity contribution in [1.82, 2.24) is 4.90 Å². The third-order valence-electron chi connectivity index (χ3n) is 5.93. The zero-order valence-corrected chi connectivity index (χ0v) is 20.4. The smallest absolute Gasteiger partial charge is 0.323 e. The summed E-state index contributed by atoms with van der Waals surface area (Å²) >= 11 is 17.2. The molecule has 5 nitrogen and oxygen atoms in total. The van der Waals surface area contributed by atoms with Crippen LogP contribution >= 0.6 is 34.8 Å². The molecule has 0 radical (unpaired) electrons. The zero-order valence-electron chi connectivity index (χ0n) is 18.1. The lowest BCUT2D eigenvalue weighted by Crippen LogP contribution is -2.48. The number of carbonyl (C=O) groups is 1. The van der Waals surface area contributed by atoms with Gasteiger partial charge in [-0.1, -0.05) is 70.2 Å². The Bertz CT molecular complexity index is 926. The maximum atomic E-state index is 12.7. The lowest BCUT2D eigenvalue weighted by atomic mass is 9.91. The summed E-state index contributed by atoms with van der Waals surface area (Å²) in [6.07, 6.45) is 1.65. The Balaban J connectivity index is 1.56. The highest BCUT2D eigenvalue weighted by Crippen LogP contribution is 2.35. The summed E-state index contributed by atoms with van der Waals surface area (Å²) in [7, 11) is 0. The first kappa shape index (κ1) is 23.4. The molecule has 170 valence electrons. The van der Waals surface area contributed by atoms with Crippen molar-refractivity contribution < 1.29 is 9.53 Å². The largest absolute Gasteiger partial charge is 0.460 e. The van der Waals surface area contributed by atoms with E-state index in [1.54, 1.807) is 0 Å². The monoisotopic (exact) mass is 493 g/mol. The number of rotatable bonds is 5. The normalized spacial score (nSPS) is 23.9. The van der Waals surface area contributed by atoms with E-state index in [0.717, 1.165) is 36.5 Å². The Morgan fingerprint density at radius 3 is 2.12 bits per heavy atom. The third kappa shape index (κ3) is 5.57. The molecule has 2 aliphatic rings. The number of alkyl halides is 3. The number of carbonyl (C=O) groups excluding carboxylic acids is 1. The first-order valence-corrected chi connectivity index (χ1v) is 11.8. The predicted molar refractivity (Wildman–Crippen MR) is 131 cm³/mol. The van der Waals surface area contributed by atoms with Gasteiger partial charge in [-0.25, -0.2) is 5.01 Å².